The summed E-state index contributed by atoms with van der Waals surface area (Å²) in [6, 6.07) is 9.92. The Morgan fingerprint density at radius 1 is 0.676 bits per heavy atom. The van der Waals surface area contributed by atoms with Crippen LogP contribution in [0.5, 0.6) is 17.2 Å². The molecule has 0 radical (unpaired) electrons. The van der Waals surface area contributed by atoms with Crippen molar-refractivity contribution in [2.24, 2.45) is 0 Å². The molecule has 74 heavy (non-hydrogen) atoms. The smallest absolute Gasteiger partial charge is 0.319 e. The van der Waals surface area contributed by atoms with Gasteiger partial charge in [0.15, 0.2) is 11.4 Å². The molecule has 4 rings (SSSR count). The Kier molecular flexibility index (Phi) is 25.9. The normalized spacial score (nSPS) is 14.7. The number of rotatable bonds is 29. The molecule has 408 valence electrons. The van der Waals surface area contributed by atoms with E-state index in [0.717, 1.165) is 0 Å². The van der Waals surface area contributed by atoms with Gasteiger partial charge in [-0.25, -0.2) is 4.79 Å². The zero-order chi connectivity index (χ0) is 54.0. The monoisotopic (exact) mass is 1060 g/mol. The Morgan fingerprint density at radius 2 is 1.22 bits per heavy atom. The number of aliphatic carboxylic acids is 4. The van der Waals surface area contributed by atoms with E-state index in [1.165, 1.54) is 4.57 Å². The summed E-state index contributed by atoms with van der Waals surface area (Å²) in [5.74, 6) is -3.62. The summed E-state index contributed by atoms with van der Waals surface area (Å²) in [7, 11) is 0. The van der Waals surface area contributed by atoms with Gasteiger partial charge in [0.25, 0.3) is 5.56 Å². The average Bonchev–Trinajstić information content (AvgIpc) is 3.33. The highest BCUT2D eigenvalue weighted by Gasteiger charge is 2.25. The maximum atomic E-state index is 14.2. The molecule has 1 saturated heterocycles. The van der Waals surface area contributed by atoms with Crippen LogP contribution >= 0.6 is 11.6 Å². The van der Waals surface area contributed by atoms with Gasteiger partial charge >= 0.3 is 29.9 Å². The Morgan fingerprint density at radius 3 is 1.77 bits per heavy atom. The van der Waals surface area contributed by atoms with Crippen LogP contribution in [0.2, 0.25) is 5.02 Å². The lowest BCUT2D eigenvalue weighted by Gasteiger charge is -2.32. The summed E-state index contributed by atoms with van der Waals surface area (Å²) in [4.78, 5) is 94.3. The van der Waals surface area contributed by atoms with Crippen molar-refractivity contribution in [3.8, 4) is 17.2 Å². The fraction of sp³-hybridized carbons (Fsp3) is 0.531. The van der Waals surface area contributed by atoms with E-state index >= 15 is 0 Å². The number of urea groups is 1. The first kappa shape index (κ1) is 60.0. The number of carbonyl (C=O) groups is 6. The molecule has 2 aromatic carbocycles. The number of benzene rings is 2. The number of hydrogen-bond donors (Lipinski definition) is 7. The van der Waals surface area contributed by atoms with Gasteiger partial charge in [-0.05, 0) is 50.6 Å². The summed E-state index contributed by atoms with van der Waals surface area (Å²) >= 11 is 6.57. The molecule has 7 N–H and O–H groups in total. The third-order valence-corrected chi connectivity index (χ3v) is 11.8. The third-order valence-electron chi connectivity index (χ3n) is 11.4. The number of amides is 3. The van der Waals surface area contributed by atoms with Gasteiger partial charge in [-0.2, -0.15) is 0 Å². The Labute approximate surface area is 434 Å². The van der Waals surface area contributed by atoms with Gasteiger partial charge in [-0.15, -0.1) is 0 Å². The number of ether oxygens (including phenoxy) is 5. The highest BCUT2D eigenvalue weighted by atomic mass is 35.5. The summed E-state index contributed by atoms with van der Waals surface area (Å²) < 4.78 is 30.1. The van der Waals surface area contributed by atoms with Gasteiger partial charge in [0.1, 0.15) is 18.1 Å². The molecule has 0 spiro atoms. The molecule has 3 amide bonds. The van der Waals surface area contributed by atoms with E-state index in [2.05, 4.69) is 16.0 Å². The summed E-state index contributed by atoms with van der Waals surface area (Å²) in [6.07, 6.45) is 1.09. The zero-order valence-corrected chi connectivity index (χ0v) is 42.8. The first-order chi connectivity index (χ1) is 35.5. The molecule has 1 fully saturated rings. The van der Waals surface area contributed by atoms with Crippen LogP contribution in [0, 0.1) is 6.92 Å². The number of anilines is 1. The predicted molar refractivity (Wildman–Crippen MR) is 271 cm³/mol. The van der Waals surface area contributed by atoms with E-state index in [0.29, 0.717) is 59.5 Å². The molecule has 0 aliphatic carbocycles. The topological polar surface area (TPSA) is 301 Å². The number of nitrogens with one attached hydrogen (secondary N) is 3. The van der Waals surface area contributed by atoms with E-state index in [9.17, 15) is 54.0 Å². The van der Waals surface area contributed by atoms with Crippen molar-refractivity contribution in [2.75, 3.05) is 137 Å². The van der Waals surface area contributed by atoms with Crippen molar-refractivity contribution in [3.63, 3.8) is 0 Å². The highest BCUT2D eigenvalue weighted by molar-refractivity contribution is 6.31. The lowest BCUT2D eigenvalue weighted by Crippen LogP contribution is -2.50. The molecular weight excluding hydrogens is 992 g/mol. The quantitative estimate of drug-likeness (QED) is 0.0489. The number of aryl methyl sites for hydroxylation is 1. The molecule has 0 bridgehead atoms. The van der Waals surface area contributed by atoms with E-state index in [1.54, 1.807) is 77.2 Å². The Balaban J connectivity index is 1.33. The number of carboxylic acid groups (broad SMARTS) is 4. The van der Waals surface area contributed by atoms with Crippen molar-refractivity contribution in [2.45, 2.75) is 39.8 Å². The molecule has 0 unspecified atom stereocenters. The van der Waals surface area contributed by atoms with E-state index < -0.39 is 47.9 Å². The number of carboxylic acids is 4. The van der Waals surface area contributed by atoms with E-state index in [1.807, 2.05) is 11.8 Å². The van der Waals surface area contributed by atoms with Crippen LogP contribution in [0.3, 0.4) is 0 Å². The van der Waals surface area contributed by atoms with Crippen molar-refractivity contribution < 1.29 is 72.9 Å². The van der Waals surface area contributed by atoms with Crippen molar-refractivity contribution in [1.82, 2.24) is 34.8 Å². The van der Waals surface area contributed by atoms with Crippen LogP contribution < -0.4 is 35.7 Å². The number of aromatic nitrogens is 1. The summed E-state index contributed by atoms with van der Waals surface area (Å²) in [5.41, 5.74) is 0.606. The van der Waals surface area contributed by atoms with Gasteiger partial charge in [-0.3, -0.25) is 48.4 Å². The van der Waals surface area contributed by atoms with Gasteiger partial charge in [-0.1, -0.05) is 29.8 Å². The molecule has 1 atom stereocenters. The molecule has 24 nitrogen and oxygen atoms in total. The predicted octanol–water partition coefficient (Wildman–Crippen LogP) is 2.00. The minimum atomic E-state index is -1.17. The molecule has 3 aromatic rings. The van der Waals surface area contributed by atoms with E-state index in [4.69, 9.17) is 35.3 Å². The Bertz CT molecular complexity index is 2360. The number of carbonyl (C=O) groups excluding carboxylic acids is 2. The first-order valence-electron chi connectivity index (χ1n) is 24.2. The van der Waals surface area contributed by atoms with Crippen molar-refractivity contribution >= 4 is 53.1 Å². The fourth-order valence-electron chi connectivity index (χ4n) is 7.91. The van der Waals surface area contributed by atoms with Crippen molar-refractivity contribution in [3.05, 3.63) is 80.7 Å². The largest absolute Gasteiger partial charge is 0.494 e. The summed E-state index contributed by atoms with van der Waals surface area (Å²) in [6.45, 7) is 7.92. The second-order valence-corrected chi connectivity index (χ2v) is 17.5. The zero-order valence-electron chi connectivity index (χ0n) is 42.1. The van der Waals surface area contributed by atoms with Crippen LogP contribution in [0.15, 0.2) is 53.5 Å². The minimum absolute atomic E-state index is 0.0223. The van der Waals surface area contributed by atoms with Crippen LogP contribution in [0.1, 0.15) is 43.0 Å². The molecule has 1 aliphatic heterocycles. The number of nitrogens with zero attached hydrogens (tertiary/aromatic N) is 5. The van der Waals surface area contributed by atoms with Crippen LogP contribution in [-0.2, 0) is 40.0 Å². The lowest BCUT2D eigenvalue weighted by atomic mass is 10.0. The molecular formula is C49H69ClN8O16. The van der Waals surface area contributed by atoms with Crippen LogP contribution in [0.4, 0.5) is 10.5 Å². The number of hydrogen-bond acceptors (Lipinski definition) is 16. The molecule has 0 saturated carbocycles. The second-order valence-electron chi connectivity index (χ2n) is 17.1. The van der Waals surface area contributed by atoms with Gasteiger partial charge in [0.05, 0.1) is 84.8 Å². The van der Waals surface area contributed by atoms with Crippen LogP contribution in [-0.4, -0.2) is 212 Å². The molecule has 2 heterocycles. The SMILES string of the molecule is CCOc1cccc([C@H](CC(=O)O)NC(=O)Nc2c(OCCOCCOCCNC(=O)CN3CCN(CC(=O)O)CCN(CC(=O)O)CCN(CC(=O)O)CC3)c(C)cn(Cc3c(Cl)cccc3OCC)c2=O)c1. The number of pyridine rings is 1. The fourth-order valence-corrected chi connectivity index (χ4v) is 8.14. The number of halogens is 1. The average molecular weight is 1060 g/mol. The Hall–Kier alpha value is -6.54. The van der Waals surface area contributed by atoms with Gasteiger partial charge in [0.2, 0.25) is 5.91 Å². The maximum absolute atomic E-state index is 14.2. The van der Waals surface area contributed by atoms with Gasteiger partial charge < -0.3 is 64.6 Å². The summed E-state index contributed by atoms with van der Waals surface area (Å²) in [5, 5.41) is 46.5. The van der Waals surface area contributed by atoms with E-state index in [-0.39, 0.29) is 129 Å². The lowest BCUT2D eigenvalue weighted by molar-refractivity contribution is -0.140. The maximum Gasteiger partial charge on any atom is 0.319 e. The van der Waals surface area contributed by atoms with Crippen molar-refractivity contribution in [1.29, 1.82) is 0 Å². The van der Waals surface area contributed by atoms with Crippen LogP contribution in [0.25, 0.3) is 0 Å². The minimum Gasteiger partial charge on any atom is -0.494 e. The second kappa shape index (κ2) is 31.9. The molecule has 1 aromatic heterocycles. The molecule has 25 heteroatoms. The third kappa shape index (κ3) is 21.5. The molecule has 1 aliphatic rings. The first-order valence-corrected chi connectivity index (χ1v) is 24.6. The standard InChI is InChI=1S/C49H69ClN8O16/c1-4-72-36-9-6-8-35(26-36)39(27-42(60)61)52-49(69)53-46-47(34(3)28-58(48(46)68)29-37-38(50)10-7-11-40(37)73-5-2)74-25-24-71-23-22-70-21-12-51-41(59)30-54-13-15-55(31-43(62)63)17-19-57(33-45(66)67)20-18-56(16-14-54)32-44(64)65/h6-11,26,28,39H,4-5,12-25,27,29-33H2,1-3H3,(H,51,59)(H,60,61)(H,62,63)(H,64,65)(H,66,67)(H2,52,53,69)/t39-/m0/s1. The van der Waals surface area contributed by atoms with Gasteiger partial charge in [0, 0.05) is 81.2 Å². The highest BCUT2D eigenvalue weighted by Crippen LogP contribution is 2.30.